The number of carbonyl (C=O) groups is 2. The highest BCUT2D eigenvalue weighted by Gasteiger charge is 2.47. The van der Waals surface area contributed by atoms with Crippen LogP contribution >= 0.6 is 0 Å². The second-order valence-electron chi connectivity index (χ2n) is 11.4. The first-order valence-electron chi connectivity index (χ1n) is 11.2. The molecular formula is C22H40N4O4. The van der Waals surface area contributed by atoms with Crippen LogP contribution in [0.2, 0.25) is 0 Å². The molecule has 4 N–H and O–H groups in total. The maximum absolute atomic E-state index is 11.8. The first-order chi connectivity index (χ1) is 13.7. The summed E-state index contributed by atoms with van der Waals surface area (Å²) in [5, 5.41) is 0. The Morgan fingerprint density at radius 1 is 0.700 bits per heavy atom. The molecule has 2 heterocycles. The average Bonchev–Trinajstić information content (AvgIpc) is 3.30. The minimum Gasteiger partial charge on any atom is -0.444 e. The van der Waals surface area contributed by atoms with Crippen LogP contribution < -0.4 is 11.5 Å². The molecule has 2 saturated heterocycles. The molecule has 2 aliphatic carbocycles. The highest BCUT2D eigenvalue weighted by molar-refractivity contribution is 5.69. The summed E-state index contributed by atoms with van der Waals surface area (Å²) in [6.45, 7) is 12.9. The monoisotopic (exact) mass is 424 g/mol. The van der Waals surface area contributed by atoms with E-state index in [2.05, 4.69) is 0 Å². The normalized spacial score (nSPS) is 34.7. The molecule has 6 atom stereocenters. The van der Waals surface area contributed by atoms with E-state index in [0.29, 0.717) is 23.9 Å². The minimum absolute atomic E-state index is 0.179. The molecular weight excluding hydrogens is 384 g/mol. The largest absolute Gasteiger partial charge is 0.444 e. The van der Waals surface area contributed by atoms with E-state index in [1.165, 1.54) is 0 Å². The van der Waals surface area contributed by atoms with Crippen molar-refractivity contribution in [1.29, 1.82) is 0 Å². The van der Waals surface area contributed by atoms with E-state index in [-0.39, 0.29) is 24.3 Å². The Labute approximate surface area is 180 Å². The Bertz CT molecular complexity index is 597. The van der Waals surface area contributed by atoms with Gasteiger partial charge in [0.1, 0.15) is 11.2 Å². The summed E-state index contributed by atoms with van der Waals surface area (Å²) < 4.78 is 10.7. The first kappa shape index (κ1) is 23.1. The van der Waals surface area contributed by atoms with Crippen molar-refractivity contribution in [3.8, 4) is 0 Å². The summed E-state index contributed by atoms with van der Waals surface area (Å²) in [5.74, 6) is 0.977. The lowest BCUT2D eigenvalue weighted by atomic mass is 10.0. The predicted molar refractivity (Wildman–Crippen MR) is 115 cm³/mol. The second-order valence-corrected chi connectivity index (χ2v) is 11.4. The first-order valence-corrected chi connectivity index (χ1v) is 11.2. The molecule has 4 bridgehead atoms. The van der Waals surface area contributed by atoms with E-state index in [1.54, 1.807) is 0 Å². The van der Waals surface area contributed by atoms with E-state index in [0.717, 1.165) is 38.8 Å². The van der Waals surface area contributed by atoms with Crippen molar-refractivity contribution in [2.45, 2.75) is 103 Å². The van der Waals surface area contributed by atoms with Crippen LogP contribution in [0, 0.1) is 11.8 Å². The standard InChI is InChI=1S/2C11H20N2O2/c2*1-11(2,3)15-10(14)13-6-7-4-8(13)5-9(7)12/h2*7-9H,4-6,12H2,1-3H3/t2*7-,8-,9-/m10/s1. The lowest BCUT2D eigenvalue weighted by Crippen LogP contribution is -2.46. The molecule has 30 heavy (non-hydrogen) atoms. The molecule has 8 nitrogen and oxygen atoms in total. The van der Waals surface area contributed by atoms with Gasteiger partial charge in [0.2, 0.25) is 0 Å². The quantitative estimate of drug-likeness (QED) is 0.618. The van der Waals surface area contributed by atoms with Crippen LogP contribution in [0.15, 0.2) is 0 Å². The molecule has 2 aliphatic heterocycles. The lowest BCUT2D eigenvalue weighted by molar-refractivity contribution is 0.0171. The number of rotatable bonds is 0. The fourth-order valence-electron chi connectivity index (χ4n) is 5.07. The Balaban J connectivity index is 0.000000171. The van der Waals surface area contributed by atoms with Crippen LogP contribution in [0.25, 0.3) is 0 Å². The number of carbonyl (C=O) groups excluding carboxylic acids is 2. The van der Waals surface area contributed by atoms with Crippen LogP contribution in [-0.4, -0.2) is 70.4 Å². The zero-order valence-corrected chi connectivity index (χ0v) is 19.4. The zero-order valence-electron chi connectivity index (χ0n) is 19.4. The van der Waals surface area contributed by atoms with Gasteiger partial charge < -0.3 is 30.7 Å². The molecule has 0 aromatic rings. The third-order valence-corrected chi connectivity index (χ3v) is 6.45. The molecule has 4 aliphatic rings. The van der Waals surface area contributed by atoms with Gasteiger partial charge in [0.15, 0.2) is 0 Å². The minimum atomic E-state index is -0.402. The molecule has 0 aromatic heterocycles. The van der Waals surface area contributed by atoms with Crippen LogP contribution in [0.3, 0.4) is 0 Å². The fraction of sp³-hybridized carbons (Fsp3) is 0.909. The van der Waals surface area contributed by atoms with Gasteiger partial charge in [-0.15, -0.1) is 0 Å². The number of fused-ring (bicyclic) bond motifs is 4. The van der Waals surface area contributed by atoms with E-state index in [1.807, 2.05) is 51.3 Å². The van der Waals surface area contributed by atoms with E-state index in [9.17, 15) is 9.59 Å². The van der Waals surface area contributed by atoms with Gasteiger partial charge in [-0.2, -0.15) is 0 Å². The third-order valence-electron chi connectivity index (χ3n) is 6.45. The molecule has 0 aromatic carbocycles. The van der Waals surface area contributed by atoms with Crippen LogP contribution in [0.4, 0.5) is 9.59 Å². The molecule has 0 spiro atoms. The molecule has 8 heteroatoms. The predicted octanol–water partition coefficient (Wildman–Crippen LogP) is 2.69. The molecule has 0 unspecified atom stereocenters. The Morgan fingerprint density at radius 2 is 1.03 bits per heavy atom. The zero-order chi connectivity index (χ0) is 22.4. The number of amides is 2. The molecule has 2 saturated carbocycles. The van der Waals surface area contributed by atoms with Crippen LogP contribution in [0.1, 0.15) is 67.2 Å². The topological polar surface area (TPSA) is 111 Å². The van der Waals surface area contributed by atoms with Gasteiger partial charge in [-0.1, -0.05) is 0 Å². The molecule has 2 amide bonds. The highest BCUT2D eigenvalue weighted by atomic mass is 16.6. The molecule has 4 fully saturated rings. The number of nitrogens with two attached hydrogens (primary N) is 2. The Morgan fingerprint density at radius 3 is 1.23 bits per heavy atom. The fourth-order valence-corrected chi connectivity index (χ4v) is 5.07. The SMILES string of the molecule is CC(C)(C)OC(=O)N1C[C@@H]2C[C@H]1C[C@@H]2N.CC(C)(C)OC(=O)N1C[C@H]2C[C@@H]1C[C@H]2N. The summed E-state index contributed by atoms with van der Waals surface area (Å²) in [6.07, 6.45) is 3.62. The van der Waals surface area contributed by atoms with Crippen molar-refractivity contribution >= 4 is 12.2 Å². The lowest BCUT2D eigenvalue weighted by Gasteiger charge is -2.31. The van der Waals surface area contributed by atoms with Gasteiger partial charge in [-0.05, 0) is 79.1 Å². The van der Waals surface area contributed by atoms with Gasteiger partial charge in [-0.3, -0.25) is 0 Å². The summed E-state index contributed by atoms with van der Waals surface area (Å²) in [4.78, 5) is 27.3. The van der Waals surface area contributed by atoms with Crippen molar-refractivity contribution in [2.75, 3.05) is 13.1 Å². The summed E-state index contributed by atoms with van der Waals surface area (Å²) in [6, 6.07) is 1.21. The third kappa shape index (κ3) is 5.38. The van der Waals surface area contributed by atoms with Crippen molar-refractivity contribution < 1.29 is 19.1 Å². The van der Waals surface area contributed by atoms with E-state index < -0.39 is 11.2 Å². The van der Waals surface area contributed by atoms with Crippen molar-refractivity contribution in [3.63, 3.8) is 0 Å². The van der Waals surface area contributed by atoms with Crippen molar-refractivity contribution in [3.05, 3.63) is 0 Å². The maximum atomic E-state index is 11.8. The van der Waals surface area contributed by atoms with Crippen molar-refractivity contribution in [2.24, 2.45) is 23.3 Å². The van der Waals surface area contributed by atoms with Gasteiger partial charge in [0, 0.05) is 37.3 Å². The van der Waals surface area contributed by atoms with Crippen LogP contribution in [-0.2, 0) is 9.47 Å². The smallest absolute Gasteiger partial charge is 0.410 e. The Kier molecular flexibility index (Phi) is 6.31. The van der Waals surface area contributed by atoms with Gasteiger partial charge in [0.05, 0.1) is 0 Å². The molecule has 0 radical (unpaired) electrons. The maximum Gasteiger partial charge on any atom is 0.410 e. The van der Waals surface area contributed by atoms with Gasteiger partial charge in [-0.25, -0.2) is 9.59 Å². The number of nitrogens with zero attached hydrogens (tertiary/aromatic N) is 2. The van der Waals surface area contributed by atoms with Gasteiger partial charge >= 0.3 is 12.2 Å². The number of piperidine rings is 2. The Hall–Kier alpha value is -1.54. The van der Waals surface area contributed by atoms with E-state index >= 15 is 0 Å². The molecule has 4 rings (SSSR count). The molecule has 172 valence electrons. The number of ether oxygens (including phenoxy) is 2. The highest BCUT2D eigenvalue weighted by Crippen LogP contribution is 2.38. The summed E-state index contributed by atoms with van der Waals surface area (Å²) in [5.41, 5.74) is 11.1. The number of hydrogen-bond donors (Lipinski definition) is 2. The van der Waals surface area contributed by atoms with Gasteiger partial charge in [0.25, 0.3) is 0 Å². The second kappa shape index (κ2) is 8.19. The average molecular weight is 425 g/mol. The number of hydrogen-bond acceptors (Lipinski definition) is 6. The van der Waals surface area contributed by atoms with E-state index in [4.69, 9.17) is 20.9 Å². The van der Waals surface area contributed by atoms with Crippen LogP contribution in [0.5, 0.6) is 0 Å². The summed E-state index contributed by atoms with van der Waals surface area (Å²) >= 11 is 0. The summed E-state index contributed by atoms with van der Waals surface area (Å²) in [7, 11) is 0. The number of likely N-dealkylation sites (tertiary alicyclic amines) is 2. The van der Waals surface area contributed by atoms with Crippen molar-refractivity contribution in [1.82, 2.24) is 9.80 Å².